The average molecular weight is 193 g/mol. The molecular formula is C10H15N3O. The minimum Gasteiger partial charge on any atom is -0.334 e. The third-order valence-electron chi connectivity index (χ3n) is 3.53. The van der Waals surface area contributed by atoms with Crippen LogP contribution in [0.25, 0.3) is 0 Å². The van der Waals surface area contributed by atoms with Gasteiger partial charge in [-0.2, -0.15) is 0 Å². The maximum absolute atomic E-state index is 11.7. The van der Waals surface area contributed by atoms with Crippen LogP contribution in [0.3, 0.4) is 0 Å². The van der Waals surface area contributed by atoms with Gasteiger partial charge in [0, 0.05) is 18.5 Å². The van der Waals surface area contributed by atoms with E-state index in [4.69, 9.17) is 0 Å². The van der Waals surface area contributed by atoms with Crippen molar-refractivity contribution in [1.29, 1.82) is 0 Å². The molecule has 4 heteroatoms. The summed E-state index contributed by atoms with van der Waals surface area (Å²) in [5.41, 5.74) is 0. The first-order valence-corrected chi connectivity index (χ1v) is 5.48. The molecule has 0 aromatic rings. The summed E-state index contributed by atoms with van der Waals surface area (Å²) in [6, 6.07) is 0.439. The van der Waals surface area contributed by atoms with E-state index in [1.807, 2.05) is 4.90 Å². The van der Waals surface area contributed by atoms with Crippen LogP contribution in [0, 0.1) is 5.92 Å². The zero-order valence-corrected chi connectivity index (χ0v) is 8.20. The number of hydrogen-bond donors (Lipinski definition) is 1. The highest BCUT2D eigenvalue weighted by molar-refractivity contribution is 6.02. The van der Waals surface area contributed by atoms with Gasteiger partial charge in [0.05, 0.1) is 6.54 Å². The summed E-state index contributed by atoms with van der Waals surface area (Å²) < 4.78 is 0. The van der Waals surface area contributed by atoms with Crippen LogP contribution in [-0.2, 0) is 0 Å². The van der Waals surface area contributed by atoms with E-state index in [-0.39, 0.29) is 6.03 Å². The Labute approximate surface area is 83.4 Å². The van der Waals surface area contributed by atoms with E-state index in [1.165, 1.54) is 19.3 Å². The molecule has 0 bridgehead atoms. The summed E-state index contributed by atoms with van der Waals surface area (Å²) in [6.07, 6.45) is 4.85. The van der Waals surface area contributed by atoms with Crippen molar-refractivity contribution in [3.05, 3.63) is 0 Å². The number of nitrogens with zero attached hydrogens (tertiary/aromatic N) is 2. The molecule has 1 saturated heterocycles. The molecule has 3 aliphatic rings. The van der Waals surface area contributed by atoms with Crippen LogP contribution < -0.4 is 5.32 Å². The van der Waals surface area contributed by atoms with Crippen molar-refractivity contribution >= 4 is 11.9 Å². The van der Waals surface area contributed by atoms with Gasteiger partial charge in [-0.1, -0.05) is 12.8 Å². The average Bonchev–Trinajstić information content (AvgIpc) is 2.67. The SMILES string of the molecule is O=C1NC2CCCCC2C2=NCCN12. The van der Waals surface area contributed by atoms with Crippen molar-refractivity contribution in [1.82, 2.24) is 10.2 Å². The number of aliphatic imine (C=N–C) groups is 1. The zero-order chi connectivity index (χ0) is 9.54. The van der Waals surface area contributed by atoms with Crippen LogP contribution in [-0.4, -0.2) is 35.9 Å². The van der Waals surface area contributed by atoms with Gasteiger partial charge >= 0.3 is 6.03 Å². The lowest BCUT2D eigenvalue weighted by Gasteiger charge is -2.40. The Morgan fingerprint density at radius 3 is 3.14 bits per heavy atom. The van der Waals surface area contributed by atoms with E-state index in [1.54, 1.807) is 0 Å². The molecule has 1 saturated carbocycles. The first-order chi connectivity index (χ1) is 6.86. The van der Waals surface area contributed by atoms with E-state index in [2.05, 4.69) is 10.3 Å². The van der Waals surface area contributed by atoms with E-state index in [9.17, 15) is 4.79 Å². The molecule has 2 unspecified atom stereocenters. The number of carbonyl (C=O) groups is 1. The molecule has 0 radical (unpaired) electrons. The minimum absolute atomic E-state index is 0.0735. The Morgan fingerprint density at radius 1 is 1.36 bits per heavy atom. The number of hydrogen-bond acceptors (Lipinski definition) is 2. The second-order valence-corrected chi connectivity index (χ2v) is 4.34. The number of fused-ring (bicyclic) bond motifs is 3. The highest BCUT2D eigenvalue weighted by Crippen LogP contribution is 2.31. The number of nitrogens with one attached hydrogen (secondary N) is 1. The van der Waals surface area contributed by atoms with Crippen LogP contribution >= 0.6 is 0 Å². The molecule has 0 aromatic heterocycles. The molecule has 0 aromatic carbocycles. The standard InChI is InChI=1S/C10H15N3O/c14-10-12-8-4-2-1-3-7(8)9-11-5-6-13(9)10/h7-8H,1-6H2,(H,12,14). The molecule has 4 nitrogen and oxygen atoms in total. The molecule has 3 rings (SSSR count). The normalized spacial score (nSPS) is 35.9. The van der Waals surface area contributed by atoms with Gasteiger partial charge < -0.3 is 5.32 Å². The summed E-state index contributed by atoms with van der Waals surface area (Å²) >= 11 is 0. The lowest BCUT2D eigenvalue weighted by atomic mass is 9.82. The Bertz CT molecular complexity index is 300. The summed E-state index contributed by atoms with van der Waals surface area (Å²) in [4.78, 5) is 18.0. The lowest BCUT2D eigenvalue weighted by Crippen LogP contribution is -2.59. The second kappa shape index (κ2) is 2.97. The summed E-state index contributed by atoms with van der Waals surface area (Å²) in [6.45, 7) is 1.58. The maximum Gasteiger partial charge on any atom is 0.323 e. The summed E-state index contributed by atoms with van der Waals surface area (Å²) in [7, 11) is 0. The smallest absolute Gasteiger partial charge is 0.323 e. The molecule has 2 heterocycles. The van der Waals surface area contributed by atoms with Crippen molar-refractivity contribution in [2.45, 2.75) is 31.7 Å². The molecule has 2 fully saturated rings. The first kappa shape index (κ1) is 8.26. The topological polar surface area (TPSA) is 44.7 Å². The summed E-state index contributed by atoms with van der Waals surface area (Å²) in [5, 5.41) is 3.10. The number of rotatable bonds is 0. The Kier molecular flexibility index (Phi) is 1.75. The number of amidine groups is 1. The highest BCUT2D eigenvalue weighted by atomic mass is 16.2. The van der Waals surface area contributed by atoms with Gasteiger partial charge in [-0.15, -0.1) is 0 Å². The zero-order valence-electron chi connectivity index (χ0n) is 8.20. The quantitative estimate of drug-likeness (QED) is 0.612. The molecule has 2 amide bonds. The molecule has 76 valence electrons. The van der Waals surface area contributed by atoms with Crippen LogP contribution in [0.5, 0.6) is 0 Å². The lowest BCUT2D eigenvalue weighted by molar-refractivity contribution is 0.194. The van der Waals surface area contributed by atoms with E-state index in [0.717, 1.165) is 25.3 Å². The van der Waals surface area contributed by atoms with Gasteiger partial charge in [-0.3, -0.25) is 9.89 Å². The van der Waals surface area contributed by atoms with Crippen LogP contribution in [0.4, 0.5) is 4.79 Å². The number of urea groups is 1. The predicted molar refractivity (Wildman–Crippen MR) is 53.3 cm³/mol. The van der Waals surface area contributed by atoms with Crippen molar-refractivity contribution in [3.63, 3.8) is 0 Å². The minimum atomic E-state index is 0.0735. The molecule has 14 heavy (non-hydrogen) atoms. The van der Waals surface area contributed by atoms with Gasteiger partial charge in [0.2, 0.25) is 0 Å². The van der Waals surface area contributed by atoms with Gasteiger partial charge in [0.15, 0.2) is 0 Å². The molecule has 0 spiro atoms. The fraction of sp³-hybridized carbons (Fsp3) is 0.800. The third-order valence-corrected chi connectivity index (χ3v) is 3.53. The van der Waals surface area contributed by atoms with Gasteiger partial charge in [0.25, 0.3) is 0 Å². The second-order valence-electron chi connectivity index (χ2n) is 4.34. The molecule has 1 N–H and O–H groups in total. The van der Waals surface area contributed by atoms with Crippen LogP contribution in [0.1, 0.15) is 25.7 Å². The van der Waals surface area contributed by atoms with E-state index in [0.29, 0.717) is 12.0 Å². The Morgan fingerprint density at radius 2 is 2.21 bits per heavy atom. The summed E-state index contributed by atoms with van der Waals surface area (Å²) in [5.74, 6) is 1.57. The van der Waals surface area contributed by atoms with Gasteiger partial charge in [-0.05, 0) is 12.8 Å². The fourth-order valence-corrected chi connectivity index (χ4v) is 2.84. The molecule has 2 aliphatic heterocycles. The van der Waals surface area contributed by atoms with Crippen LogP contribution in [0.15, 0.2) is 4.99 Å². The van der Waals surface area contributed by atoms with Crippen molar-refractivity contribution < 1.29 is 4.79 Å². The Balaban J connectivity index is 1.90. The van der Waals surface area contributed by atoms with E-state index >= 15 is 0 Å². The van der Waals surface area contributed by atoms with Crippen LogP contribution in [0.2, 0.25) is 0 Å². The van der Waals surface area contributed by atoms with E-state index < -0.39 is 0 Å². The number of amides is 2. The maximum atomic E-state index is 11.7. The number of carbonyl (C=O) groups excluding carboxylic acids is 1. The molecule has 2 atom stereocenters. The van der Waals surface area contributed by atoms with Crippen molar-refractivity contribution in [2.24, 2.45) is 10.9 Å². The monoisotopic (exact) mass is 193 g/mol. The van der Waals surface area contributed by atoms with Gasteiger partial charge in [0.1, 0.15) is 5.84 Å². The molecular weight excluding hydrogens is 178 g/mol. The first-order valence-electron chi connectivity index (χ1n) is 5.48. The Hall–Kier alpha value is -1.06. The largest absolute Gasteiger partial charge is 0.334 e. The fourth-order valence-electron chi connectivity index (χ4n) is 2.84. The van der Waals surface area contributed by atoms with Crippen molar-refractivity contribution in [3.8, 4) is 0 Å². The van der Waals surface area contributed by atoms with Gasteiger partial charge in [-0.25, -0.2) is 4.79 Å². The molecule has 1 aliphatic carbocycles. The third kappa shape index (κ3) is 1.06. The highest BCUT2D eigenvalue weighted by Gasteiger charge is 2.41. The predicted octanol–water partition coefficient (Wildman–Crippen LogP) is 0.983. The van der Waals surface area contributed by atoms with Crippen molar-refractivity contribution in [2.75, 3.05) is 13.1 Å².